The third-order valence-electron chi connectivity index (χ3n) is 3.74. The van der Waals surface area contributed by atoms with E-state index in [4.69, 9.17) is 5.73 Å². The zero-order chi connectivity index (χ0) is 14.9. The Balaban J connectivity index is 0. The standard InChI is InChI=1S/C14H17Si.C4H10N.2ClH.Ti/c1-15(2)14-7-6-12-8-10-4-3-5-11(10)9-13(12)14;1-4(2,3)5;;;/h6-10H,3-5H2,1-2H3;5H,1-3H3;2*1H;/q;-1;;;. The van der Waals surface area contributed by atoms with E-state index in [0.717, 1.165) is 5.92 Å². The van der Waals surface area contributed by atoms with Crippen LogP contribution in [-0.2, 0) is 21.7 Å². The third kappa shape index (κ3) is 7.46. The Morgan fingerprint density at radius 2 is 1.70 bits per heavy atom. The summed E-state index contributed by atoms with van der Waals surface area (Å²) in [5.41, 5.74) is 11.4. The summed E-state index contributed by atoms with van der Waals surface area (Å²) in [7, 11) is -0.302. The zero-order valence-electron chi connectivity index (χ0n) is 14.8. The molecule has 0 aromatic heterocycles. The van der Waals surface area contributed by atoms with Crippen LogP contribution in [0.2, 0.25) is 13.1 Å². The number of allylic oxidation sites excluding steroid dienone is 8. The molecule has 3 rings (SSSR count). The number of nitrogens with one attached hydrogen (secondary N) is 1. The molecule has 5 heteroatoms. The van der Waals surface area contributed by atoms with Crippen LogP contribution in [0, 0.1) is 5.92 Å². The molecular formula is C18H29Cl2NSiTi-. The van der Waals surface area contributed by atoms with E-state index in [0.29, 0.717) is 0 Å². The van der Waals surface area contributed by atoms with E-state index in [9.17, 15) is 0 Å². The minimum absolute atomic E-state index is 0. The maximum Gasteiger partial charge on any atom is 0.0799 e. The average molecular weight is 406 g/mol. The summed E-state index contributed by atoms with van der Waals surface area (Å²) in [5, 5.41) is 1.63. The second-order valence-corrected chi connectivity index (χ2v) is 9.79. The second kappa shape index (κ2) is 10.4. The Morgan fingerprint density at radius 3 is 2.22 bits per heavy atom. The van der Waals surface area contributed by atoms with E-state index in [1.54, 1.807) is 16.3 Å². The normalized spacial score (nSPS) is 20.9. The van der Waals surface area contributed by atoms with Crippen molar-refractivity contribution in [3.63, 3.8) is 0 Å². The predicted molar refractivity (Wildman–Crippen MR) is 106 cm³/mol. The fraction of sp³-hybridized carbons (Fsp3) is 0.556. The molecule has 0 spiro atoms. The first kappa shape index (κ1) is 25.7. The zero-order valence-corrected chi connectivity index (χ0v) is 19.0. The van der Waals surface area contributed by atoms with E-state index in [-0.39, 0.29) is 60.9 Å². The molecule has 1 nitrogen and oxygen atoms in total. The molecule has 0 saturated heterocycles. The number of hydrogen-bond acceptors (Lipinski definition) is 0. The van der Waals surface area contributed by atoms with Crippen LogP contribution in [0.5, 0.6) is 0 Å². The van der Waals surface area contributed by atoms with Crippen LogP contribution >= 0.6 is 24.8 Å². The molecule has 0 aromatic carbocycles. The molecule has 1 saturated carbocycles. The smallest absolute Gasteiger partial charge is 0.0799 e. The van der Waals surface area contributed by atoms with E-state index in [2.05, 4.69) is 37.4 Å². The Kier molecular flexibility index (Phi) is 11.6. The first-order valence-electron chi connectivity index (χ1n) is 7.66. The predicted octanol–water partition coefficient (Wildman–Crippen LogP) is 6.49. The van der Waals surface area contributed by atoms with Gasteiger partial charge in [-0.25, -0.2) is 0 Å². The van der Waals surface area contributed by atoms with Crippen LogP contribution in [-0.4, -0.2) is 14.3 Å². The molecule has 0 heterocycles. The van der Waals surface area contributed by atoms with Gasteiger partial charge in [-0.1, -0.05) is 68.9 Å². The van der Waals surface area contributed by atoms with Gasteiger partial charge in [-0.2, -0.15) is 0 Å². The molecule has 1 fully saturated rings. The summed E-state index contributed by atoms with van der Waals surface area (Å²) in [6.45, 7) is 10.3. The van der Waals surface area contributed by atoms with Gasteiger partial charge in [0.15, 0.2) is 0 Å². The summed E-state index contributed by atoms with van der Waals surface area (Å²) < 4.78 is 0. The van der Waals surface area contributed by atoms with Crippen LogP contribution in [0.1, 0.15) is 40.0 Å². The molecule has 0 amide bonds. The Hall–Kier alpha value is 0.431. The second-order valence-electron chi connectivity index (χ2n) is 7.25. The number of halogens is 2. The Bertz CT molecular complexity index is 508. The summed E-state index contributed by atoms with van der Waals surface area (Å²) in [4.78, 5) is 0. The molecule has 0 aromatic rings. The van der Waals surface area contributed by atoms with Crippen molar-refractivity contribution in [2.24, 2.45) is 5.92 Å². The fourth-order valence-electron chi connectivity index (χ4n) is 2.92. The summed E-state index contributed by atoms with van der Waals surface area (Å²) in [6.07, 6.45) is 13.8. The van der Waals surface area contributed by atoms with E-state index in [1.165, 1.54) is 24.8 Å². The van der Waals surface area contributed by atoms with Crippen molar-refractivity contribution in [2.45, 2.75) is 58.7 Å². The Morgan fingerprint density at radius 1 is 1.13 bits per heavy atom. The SMILES string of the molecule is CC(C)(C)[NH-].C[Si](C)C1=C2C=C3CCCC3C=C2C=C1.Cl.Cl.[Ti]. The minimum Gasteiger partial charge on any atom is -0.673 e. The monoisotopic (exact) mass is 405 g/mol. The first-order valence-corrected chi connectivity index (χ1v) is 10.2. The van der Waals surface area contributed by atoms with Gasteiger partial charge in [0, 0.05) is 21.7 Å². The maximum atomic E-state index is 6.94. The molecule has 3 aliphatic rings. The van der Waals surface area contributed by atoms with Gasteiger partial charge in [0.05, 0.1) is 8.80 Å². The van der Waals surface area contributed by atoms with Crippen molar-refractivity contribution < 1.29 is 21.7 Å². The van der Waals surface area contributed by atoms with Crippen LogP contribution in [0.25, 0.3) is 5.73 Å². The van der Waals surface area contributed by atoms with Crippen LogP contribution in [0.3, 0.4) is 0 Å². The summed E-state index contributed by atoms with van der Waals surface area (Å²) in [6, 6.07) is 0. The van der Waals surface area contributed by atoms with Gasteiger partial charge in [-0.05, 0) is 36.3 Å². The van der Waals surface area contributed by atoms with Crippen molar-refractivity contribution >= 4 is 33.6 Å². The van der Waals surface area contributed by atoms with Gasteiger partial charge in [0.2, 0.25) is 0 Å². The molecule has 23 heavy (non-hydrogen) atoms. The average Bonchev–Trinajstić information content (AvgIpc) is 2.87. The van der Waals surface area contributed by atoms with E-state index in [1.807, 2.05) is 20.8 Å². The van der Waals surface area contributed by atoms with Gasteiger partial charge in [-0.3, -0.25) is 0 Å². The van der Waals surface area contributed by atoms with Crippen LogP contribution < -0.4 is 0 Å². The van der Waals surface area contributed by atoms with Crippen molar-refractivity contribution in [3.8, 4) is 0 Å². The largest absolute Gasteiger partial charge is 0.673 e. The first-order chi connectivity index (χ1) is 9.25. The summed E-state index contributed by atoms with van der Waals surface area (Å²) in [5.74, 6) is 0.775. The van der Waals surface area contributed by atoms with Crippen molar-refractivity contribution in [2.75, 3.05) is 0 Å². The topological polar surface area (TPSA) is 23.8 Å². The molecular weight excluding hydrogens is 377 g/mol. The van der Waals surface area contributed by atoms with E-state index >= 15 is 0 Å². The third-order valence-corrected chi connectivity index (χ3v) is 5.25. The number of hydrogen-bond donors (Lipinski definition) is 0. The fourth-order valence-corrected chi connectivity index (χ4v) is 4.09. The molecule has 0 bridgehead atoms. The quantitative estimate of drug-likeness (QED) is 0.445. The summed E-state index contributed by atoms with van der Waals surface area (Å²) >= 11 is 0. The Labute approximate surface area is 171 Å². The maximum absolute atomic E-state index is 6.94. The molecule has 1 atom stereocenters. The van der Waals surface area contributed by atoms with Crippen LogP contribution in [0.15, 0.2) is 46.2 Å². The molecule has 3 aliphatic carbocycles. The van der Waals surface area contributed by atoms with E-state index < -0.39 is 0 Å². The van der Waals surface area contributed by atoms with Crippen molar-refractivity contribution in [1.82, 2.24) is 0 Å². The van der Waals surface area contributed by atoms with Crippen molar-refractivity contribution in [1.29, 1.82) is 0 Å². The molecule has 129 valence electrons. The van der Waals surface area contributed by atoms with Gasteiger partial charge >= 0.3 is 0 Å². The van der Waals surface area contributed by atoms with Crippen LogP contribution in [0.4, 0.5) is 0 Å². The molecule has 1 N–H and O–H groups in total. The van der Waals surface area contributed by atoms with Gasteiger partial charge in [0.1, 0.15) is 0 Å². The minimum atomic E-state index is -0.302. The number of rotatable bonds is 1. The van der Waals surface area contributed by atoms with Gasteiger partial charge in [-0.15, -0.1) is 30.4 Å². The molecule has 1 unspecified atom stereocenters. The number of fused-ring (bicyclic) bond motifs is 2. The van der Waals surface area contributed by atoms with Crippen molar-refractivity contribution in [3.05, 3.63) is 52.0 Å². The van der Waals surface area contributed by atoms with Gasteiger partial charge < -0.3 is 5.73 Å². The molecule has 1 radical (unpaired) electrons. The van der Waals surface area contributed by atoms with Gasteiger partial charge in [0.25, 0.3) is 0 Å². The molecule has 0 aliphatic heterocycles.